The normalized spacial score (nSPS) is 10.7. The van der Waals surface area contributed by atoms with Crippen LogP contribution < -0.4 is 4.94 Å². The van der Waals surface area contributed by atoms with E-state index in [0.717, 1.165) is 11.3 Å². The Morgan fingerprint density at radius 2 is 2.00 bits per heavy atom. The van der Waals surface area contributed by atoms with Gasteiger partial charge in [-0.1, -0.05) is 29.5 Å². The molecular formula is C15H10O5S. The molecule has 0 radical (unpaired) electrons. The largest absolute Gasteiger partial charge is 0.508 e. The maximum Gasteiger partial charge on any atom is 0.396 e. The van der Waals surface area contributed by atoms with Crippen molar-refractivity contribution in [2.45, 2.75) is 0 Å². The molecule has 3 aromatic rings. The first-order chi connectivity index (χ1) is 10.1. The van der Waals surface area contributed by atoms with Gasteiger partial charge in [-0.2, -0.15) is 0 Å². The van der Waals surface area contributed by atoms with Crippen molar-refractivity contribution in [3.8, 4) is 16.9 Å². The molecule has 0 unspecified atom stereocenters. The van der Waals surface area contributed by atoms with Gasteiger partial charge in [0.15, 0.2) is 5.58 Å². The van der Waals surface area contributed by atoms with Crippen LogP contribution in [0.15, 0.2) is 45.6 Å². The molecule has 5 nitrogen and oxygen atoms in total. The number of methoxy groups -OCH3 is 1. The number of carbonyl (C=O) groups excluding carboxylic acids is 1. The zero-order chi connectivity index (χ0) is 15.0. The number of benzene rings is 2. The average Bonchev–Trinajstić information content (AvgIpc) is 2.85. The summed E-state index contributed by atoms with van der Waals surface area (Å²) in [6.07, 6.45) is 0. The number of rotatable bonds is 2. The van der Waals surface area contributed by atoms with Gasteiger partial charge in [-0.3, -0.25) is 0 Å². The maximum absolute atomic E-state index is 11.9. The first-order valence-corrected chi connectivity index (χ1v) is 6.86. The third-order valence-electron chi connectivity index (χ3n) is 3.04. The van der Waals surface area contributed by atoms with Gasteiger partial charge in [0.2, 0.25) is 0 Å². The Morgan fingerprint density at radius 3 is 2.76 bits per heavy atom. The summed E-state index contributed by atoms with van der Waals surface area (Å²) < 4.78 is 10.5. The summed E-state index contributed by atoms with van der Waals surface area (Å²) in [6, 6.07) is 9.69. The van der Waals surface area contributed by atoms with Gasteiger partial charge < -0.3 is 14.3 Å². The first-order valence-electron chi connectivity index (χ1n) is 6.04. The third kappa shape index (κ3) is 2.30. The van der Waals surface area contributed by atoms with Gasteiger partial charge in [0, 0.05) is 17.2 Å². The van der Waals surface area contributed by atoms with Gasteiger partial charge in [-0.25, -0.2) is 9.59 Å². The number of hydrogen-bond donors (Lipinski definition) is 1. The second-order valence-corrected chi connectivity index (χ2v) is 5.29. The smallest absolute Gasteiger partial charge is 0.396 e. The molecule has 0 saturated heterocycles. The summed E-state index contributed by atoms with van der Waals surface area (Å²) >= 11 is 0.897. The highest BCUT2D eigenvalue weighted by Crippen LogP contribution is 2.35. The van der Waals surface area contributed by atoms with Crippen molar-refractivity contribution in [2.75, 3.05) is 7.11 Å². The van der Waals surface area contributed by atoms with Crippen molar-refractivity contribution in [3.63, 3.8) is 0 Å². The van der Waals surface area contributed by atoms with Crippen molar-refractivity contribution in [2.24, 2.45) is 0 Å². The predicted molar refractivity (Wildman–Crippen MR) is 78.8 cm³/mol. The number of ether oxygens (including phenoxy) is 1. The predicted octanol–water partition coefficient (Wildman–Crippen LogP) is 3.01. The minimum absolute atomic E-state index is 0.00535. The molecule has 0 aliphatic rings. The van der Waals surface area contributed by atoms with E-state index >= 15 is 0 Å². The van der Waals surface area contributed by atoms with Gasteiger partial charge in [0.1, 0.15) is 5.75 Å². The molecule has 21 heavy (non-hydrogen) atoms. The molecule has 0 atom stereocenters. The molecule has 6 heteroatoms. The summed E-state index contributed by atoms with van der Waals surface area (Å²) in [7, 11) is 1.29. The summed E-state index contributed by atoms with van der Waals surface area (Å²) in [5, 5.41) is 9.82. The van der Waals surface area contributed by atoms with Crippen molar-refractivity contribution < 1.29 is 19.1 Å². The topological polar surface area (TPSA) is 76.7 Å². The lowest BCUT2D eigenvalue weighted by atomic mass is 9.99. The monoisotopic (exact) mass is 302 g/mol. The van der Waals surface area contributed by atoms with Crippen LogP contribution in [0.2, 0.25) is 0 Å². The molecule has 0 spiro atoms. The number of phenols is 1. The Kier molecular flexibility index (Phi) is 3.23. The molecule has 3 rings (SSSR count). The summed E-state index contributed by atoms with van der Waals surface area (Å²) in [6.45, 7) is 0. The fourth-order valence-electron chi connectivity index (χ4n) is 2.17. The van der Waals surface area contributed by atoms with Crippen LogP contribution in [0.4, 0.5) is 0 Å². The molecule has 0 aliphatic carbocycles. The molecule has 0 amide bonds. The van der Waals surface area contributed by atoms with Crippen LogP contribution in [0.3, 0.4) is 0 Å². The van der Waals surface area contributed by atoms with E-state index in [1.165, 1.54) is 19.2 Å². The quantitative estimate of drug-likeness (QED) is 0.736. The van der Waals surface area contributed by atoms with Gasteiger partial charge >= 0.3 is 10.9 Å². The van der Waals surface area contributed by atoms with Crippen molar-refractivity contribution >= 4 is 27.6 Å². The Labute approximate surface area is 123 Å². The fraction of sp³-hybridized carbons (Fsp3) is 0.0667. The fourth-order valence-corrected chi connectivity index (χ4v) is 2.90. The van der Waals surface area contributed by atoms with E-state index in [2.05, 4.69) is 0 Å². The van der Waals surface area contributed by atoms with Crippen LogP contribution in [0.5, 0.6) is 5.75 Å². The molecule has 0 aliphatic heterocycles. The SMILES string of the molecule is COC(=O)c1ccccc1-c1cc(O)cc2sc(=O)oc12. The molecular weight excluding hydrogens is 292 g/mol. The molecule has 1 heterocycles. The summed E-state index contributed by atoms with van der Waals surface area (Å²) in [5.74, 6) is -0.506. The van der Waals surface area contributed by atoms with Gasteiger partial charge in [0.05, 0.1) is 17.4 Å². The minimum Gasteiger partial charge on any atom is -0.508 e. The standard InChI is InChI=1S/C15H10O5S/c1-19-14(17)10-5-3-2-4-9(10)11-6-8(16)7-12-13(11)20-15(18)21-12/h2-7,16H,1H3. The van der Waals surface area contributed by atoms with Crippen LogP contribution in [-0.4, -0.2) is 18.2 Å². The number of phenolic OH excluding ortho intramolecular Hbond substituents is 1. The minimum atomic E-state index is -0.500. The van der Waals surface area contributed by atoms with E-state index < -0.39 is 10.9 Å². The molecule has 0 bridgehead atoms. The molecule has 0 fully saturated rings. The van der Waals surface area contributed by atoms with Crippen LogP contribution in [0, 0.1) is 0 Å². The highest BCUT2D eigenvalue weighted by atomic mass is 32.1. The second kappa shape index (κ2) is 5.06. The molecule has 1 aromatic heterocycles. The van der Waals surface area contributed by atoms with E-state index in [9.17, 15) is 14.7 Å². The van der Waals surface area contributed by atoms with E-state index in [1.54, 1.807) is 24.3 Å². The van der Waals surface area contributed by atoms with E-state index in [-0.39, 0.29) is 5.75 Å². The van der Waals surface area contributed by atoms with Crippen LogP contribution in [-0.2, 0) is 4.74 Å². The van der Waals surface area contributed by atoms with Crippen molar-refractivity contribution in [1.29, 1.82) is 0 Å². The zero-order valence-electron chi connectivity index (χ0n) is 11.0. The van der Waals surface area contributed by atoms with Gasteiger partial charge in [-0.15, -0.1) is 0 Å². The number of hydrogen-bond acceptors (Lipinski definition) is 6. The molecule has 1 N–H and O–H groups in total. The Morgan fingerprint density at radius 1 is 1.24 bits per heavy atom. The number of fused-ring (bicyclic) bond motifs is 1. The third-order valence-corrected chi connectivity index (χ3v) is 3.81. The zero-order valence-corrected chi connectivity index (χ0v) is 11.8. The van der Waals surface area contributed by atoms with E-state index in [4.69, 9.17) is 9.15 Å². The lowest BCUT2D eigenvalue weighted by Crippen LogP contribution is -2.03. The second-order valence-electron chi connectivity index (χ2n) is 4.31. The lowest BCUT2D eigenvalue weighted by molar-refractivity contribution is 0.0601. The Bertz CT molecular complexity index is 890. The van der Waals surface area contributed by atoms with Crippen LogP contribution in [0.1, 0.15) is 10.4 Å². The highest BCUT2D eigenvalue weighted by molar-refractivity contribution is 7.16. The number of carbonyl (C=O) groups is 1. The molecule has 2 aromatic carbocycles. The average molecular weight is 302 g/mol. The number of esters is 1. The molecule has 0 saturated carbocycles. The van der Waals surface area contributed by atoms with E-state index in [0.29, 0.717) is 27.0 Å². The first kappa shape index (κ1) is 13.4. The summed E-state index contributed by atoms with van der Waals surface area (Å²) in [4.78, 5) is 22.8. The highest BCUT2D eigenvalue weighted by Gasteiger charge is 2.18. The van der Waals surface area contributed by atoms with Gasteiger partial charge in [0.25, 0.3) is 0 Å². The maximum atomic E-state index is 11.9. The summed E-state index contributed by atoms with van der Waals surface area (Å²) in [5.41, 5.74) is 1.69. The number of aromatic hydroxyl groups is 1. The lowest BCUT2D eigenvalue weighted by Gasteiger charge is -2.08. The van der Waals surface area contributed by atoms with Crippen molar-refractivity contribution in [1.82, 2.24) is 0 Å². The van der Waals surface area contributed by atoms with E-state index in [1.807, 2.05) is 0 Å². The Balaban J connectivity index is 2.35. The Hall–Kier alpha value is -2.60. The van der Waals surface area contributed by atoms with Gasteiger partial charge in [-0.05, 0) is 12.1 Å². The van der Waals surface area contributed by atoms with Crippen molar-refractivity contribution in [3.05, 3.63) is 51.7 Å². The molecule has 106 valence electrons. The van der Waals surface area contributed by atoms with Crippen LogP contribution in [0.25, 0.3) is 21.4 Å². The van der Waals surface area contributed by atoms with Crippen LogP contribution >= 0.6 is 11.3 Å².